The van der Waals surface area contributed by atoms with Crippen molar-refractivity contribution >= 4 is 10.8 Å². The fraction of sp³-hybridized carbons (Fsp3) is 0.0732. The summed E-state index contributed by atoms with van der Waals surface area (Å²) in [4.78, 5) is 10.4. The van der Waals surface area contributed by atoms with Crippen molar-refractivity contribution < 1.29 is 0 Å². The summed E-state index contributed by atoms with van der Waals surface area (Å²) in [6.45, 7) is 4.70. The van der Waals surface area contributed by atoms with Gasteiger partial charge < -0.3 is 0 Å². The molecule has 2 heteroatoms. The Morgan fingerprint density at radius 1 is 0.465 bits per heavy atom. The largest absolute Gasteiger partial charge is 0.228 e. The van der Waals surface area contributed by atoms with Gasteiger partial charge in [-0.05, 0) is 56.3 Å². The van der Waals surface area contributed by atoms with E-state index in [0.717, 1.165) is 33.9 Å². The molecule has 7 aromatic rings. The summed E-state index contributed by atoms with van der Waals surface area (Å²) in [5.41, 5.74) is 12.6. The van der Waals surface area contributed by atoms with Gasteiger partial charge in [-0.25, -0.2) is 9.97 Å². The minimum Gasteiger partial charge on any atom is -0.228 e. The maximum Gasteiger partial charge on any atom is 0.160 e. The van der Waals surface area contributed by atoms with Crippen LogP contribution in [0.15, 0.2) is 146 Å². The minimum absolute atomic E-state index is 0.132. The molecule has 0 amide bonds. The molecule has 0 fully saturated rings. The Morgan fingerprint density at radius 3 is 1.81 bits per heavy atom. The number of aromatic nitrogens is 2. The van der Waals surface area contributed by atoms with E-state index in [2.05, 4.69) is 141 Å². The fourth-order valence-electron chi connectivity index (χ4n) is 6.77. The number of hydrogen-bond donors (Lipinski definition) is 0. The van der Waals surface area contributed by atoms with Crippen LogP contribution in [-0.2, 0) is 5.41 Å². The Morgan fingerprint density at radius 2 is 1.05 bits per heavy atom. The SMILES string of the molecule is CC1(C)c2ccccc2-c2c(-c3cc(-c4ccc(-c5ccccc5)cc4)nc(-c4ccccc4)n3)cc3ccccc3c21. The molecule has 1 aliphatic carbocycles. The highest BCUT2D eigenvalue weighted by Gasteiger charge is 2.38. The van der Waals surface area contributed by atoms with Gasteiger partial charge in [-0.15, -0.1) is 0 Å². The molecule has 0 saturated carbocycles. The van der Waals surface area contributed by atoms with E-state index in [-0.39, 0.29) is 5.41 Å². The molecule has 43 heavy (non-hydrogen) atoms. The van der Waals surface area contributed by atoms with Gasteiger partial charge in [-0.1, -0.05) is 147 Å². The lowest BCUT2D eigenvalue weighted by atomic mass is 9.79. The first-order valence-electron chi connectivity index (χ1n) is 14.8. The van der Waals surface area contributed by atoms with Gasteiger partial charge >= 0.3 is 0 Å². The van der Waals surface area contributed by atoms with E-state index < -0.39 is 0 Å². The maximum atomic E-state index is 5.26. The third kappa shape index (κ3) is 4.18. The standard InChI is InChI=1S/C41H30N2/c1-41(2)35-20-12-11-19-33(35)38-34(25-31-17-9-10-18-32(31)39(38)41)37-26-36(42-40(43-37)30-15-7-4-8-16-30)29-23-21-28(22-24-29)27-13-5-3-6-14-27/h3-26H,1-2H3. The number of nitrogens with zero attached hydrogens (tertiary/aromatic N) is 2. The molecular formula is C41H30N2. The molecule has 0 bridgehead atoms. The summed E-state index contributed by atoms with van der Waals surface area (Å²) in [5.74, 6) is 0.729. The van der Waals surface area contributed by atoms with E-state index in [1.165, 1.54) is 44.2 Å². The smallest absolute Gasteiger partial charge is 0.160 e. The summed E-state index contributed by atoms with van der Waals surface area (Å²) >= 11 is 0. The Labute approximate surface area is 252 Å². The first-order valence-corrected chi connectivity index (χ1v) is 14.8. The molecule has 6 aromatic carbocycles. The van der Waals surface area contributed by atoms with Crippen LogP contribution < -0.4 is 0 Å². The van der Waals surface area contributed by atoms with E-state index in [9.17, 15) is 0 Å². The monoisotopic (exact) mass is 550 g/mol. The molecule has 0 aliphatic heterocycles. The van der Waals surface area contributed by atoms with Crippen molar-refractivity contribution in [1.82, 2.24) is 9.97 Å². The molecule has 1 aliphatic rings. The van der Waals surface area contributed by atoms with Crippen molar-refractivity contribution in [1.29, 1.82) is 0 Å². The highest BCUT2D eigenvalue weighted by molar-refractivity contribution is 6.04. The normalized spacial score (nSPS) is 13.1. The Balaban J connectivity index is 1.38. The second-order valence-corrected chi connectivity index (χ2v) is 11.8. The Kier molecular flexibility index (Phi) is 5.84. The highest BCUT2D eigenvalue weighted by atomic mass is 14.9. The van der Waals surface area contributed by atoms with Gasteiger partial charge in [0, 0.05) is 22.1 Å². The molecule has 0 N–H and O–H groups in total. The van der Waals surface area contributed by atoms with Crippen LogP contribution in [0.4, 0.5) is 0 Å². The van der Waals surface area contributed by atoms with Crippen LogP contribution in [0.25, 0.3) is 66.9 Å². The summed E-state index contributed by atoms with van der Waals surface area (Å²) in [6.07, 6.45) is 0. The predicted molar refractivity (Wildman–Crippen MR) is 179 cm³/mol. The van der Waals surface area contributed by atoms with Gasteiger partial charge in [-0.3, -0.25) is 0 Å². The van der Waals surface area contributed by atoms with E-state index in [0.29, 0.717) is 0 Å². The van der Waals surface area contributed by atoms with E-state index in [4.69, 9.17) is 9.97 Å². The molecule has 0 saturated heterocycles. The first-order chi connectivity index (χ1) is 21.1. The zero-order valence-electron chi connectivity index (χ0n) is 24.3. The summed E-state index contributed by atoms with van der Waals surface area (Å²) in [5, 5.41) is 2.53. The van der Waals surface area contributed by atoms with Gasteiger partial charge in [0.1, 0.15) is 0 Å². The average Bonchev–Trinajstić information content (AvgIpc) is 3.32. The third-order valence-electron chi connectivity index (χ3n) is 8.87. The first kappa shape index (κ1) is 25.4. The van der Waals surface area contributed by atoms with Crippen LogP contribution in [-0.4, -0.2) is 9.97 Å². The van der Waals surface area contributed by atoms with Gasteiger partial charge in [0.25, 0.3) is 0 Å². The van der Waals surface area contributed by atoms with Crippen LogP contribution in [0.2, 0.25) is 0 Å². The molecule has 1 aromatic heterocycles. The summed E-state index contributed by atoms with van der Waals surface area (Å²) < 4.78 is 0. The quantitative estimate of drug-likeness (QED) is 0.218. The van der Waals surface area contributed by atoms with Crippen molar-refractivity contribution in [3.05, 3.63) is 157 Å². The lowest BCUT2D eigenvalue weighted by molar-refractivity contribution is 0.666. The van der Waals surface area contributed by atoms with Gasteiger partial charge in [0.15, 0.2) is 5.82 Å². The van der Waals surface area contributed by atoms with Crippen LogP contribution in [0, 0.1) is 0 Å². The molecule has 2 nitrogen and oxygen atoms in total. The second-order valence-electron chi connectivity index (χ2n) is 11.8. The number of rotatable bonds is 4. The molecule has 0 atom stereocenters. The van der Waals surface area contributed by atoms with E-state index in [1.807, 2.05) is 18.2 Å². The molecule has 0 radical (unpaired) electrons. The van der Waals surface area contributed by atoms with Gasteiger partial charge in [-0.2, -0.15) is 0 Å². The van der Waals surface area contributed by atoms with Gasteiger partial charge in [0.2, 0.25) is 0 Å². The third-order valence-corrected chi connectivity index (χ3v) is 8.87. The van der Waals surface area contributed by atoms with Crippen LogP contribution in [0.1, 0.15) is 25.0 Å². The van der Waals surface area contributed by atoms with Gasteiger partial charge in [0.05, 0.1) is 11.4 Å². The topological polar surface area (TPSA) is 25.8 Å². The van der Waals surface area contributed by atoms with Crippen molar-refractivity contribution in [3.8, 4) is 56.2 Å². The van der Waals surface area contributed by atoms with Crippen molar-refractivity contribution in [2.24, 2.45) is 0 Å². The molecule has 8 rings (SSSR count). The minimum atomic E-state index is -0.132. The second kappa shape index (κ2) is 9.89. The molecule has 0 unspecified atom stereocenters. The zero-order valence-corrected chi connectivity index (χ0v) is 24.3. The lowest BCUT2D eigenvalue weighted by Gasteiger charge is -2.24. The Bertz CT molecular complexity index is 2130. The van der Waals surface area contributed by atoms with Crippen molar-refractivity contribution in [2.45, 2.75) is 19.3 Å². The summed E-state index contributed by atoms with van der Waals surface area (Å²) in [7, 11) is 0. The van der Waals surface area contributed by atoms with Crippen molar-refractivity contribution in [3.63, 3.8) is 0 Å². The number of hydrogen-bond acceptors (Lipinski definition) is 2. The maximum absolute atomic E-state index is 5.26. The number of benzene rings is 6. The van der Waals surface area contributed by atoms with Crippen LogP contribution >= 0.6 is 0 Å². The van der Waals surface area contributed by atoms with E-state index in [1.54, 1.807) is 0 Å². The molecule has 204 valence electrons. The average molecular weight is 551 g/mol. The van der Waals surface area contributed by atoms with E-state index >= 15 is 0 Å². The lowest BCUT2D eigenvalue weighted by Crippen LogP contribution is -2.15. The Hall–Kier alpha value is -5.34. The molecular weight excluding hydrogens is 520 g/mol. The number of fused-ring (bicyclic) bond motifs is 5. The van der Waals surface area contributed by atoms with Crippen molar-refractivity contribution in [2.75, 3.05) is 0 Å². The van der Waals surface area contributed by atoms with Crippen LogP contribution in [0.5, 0.6) is 0 Å². The fourth-order valence-corrected chi connectivity index (χ4v) is 6.77. The molecule has 0 spiro atoms. The predicted octanol–water partition coefficient (Wildman–Crippen LogP) is 10.6. The van der Waals surface area contributed by atoms with Crippen LogP contribution in [0.3, 0.4) is 0 Å². The highest BCUT2D eigenvalue weighted by Crippen LogP contribution is 2.54. The zero-order chi connectivity index (χ0) is 29.0. The molecule has 1 heterocycles. The summed E-state index contributed by atoms with van der Waals surface area (Å²) in [6, 6.07) is 51.6.